The Labute approximate surface area is 132 Å². The summed E-state index contributed by atoms with van der Waals surface area (Å²) < 4.78 is 0. The zero-order chi connectivity index (χ0) is 17.0. The topological polar surface area (TPSA) is 86.2 Å². The van der Waals surface area contributed by atoms with E-state index in [1.54, 1.807) is 0 Å². The van der Waals surface area contributed by atoms with Gasteiger partial charge < -0.3 is 11.5 Å². The van der Waals surface area contributed by atoms with Gasteiger partial charge in [0.15, 0.2) is 0 Å². The lowest BCUT2D eigenvalue weighted by Gasteiger charge is -2.43. The summed E-state index contributed by atoms with van der Waals surface area (Å²) >= 11 is 0. The highest BCUT2D eigenvalue weighted by atomic mass is 16.2. The highest BCUT2D eigenvalue weighted by molar-refractivity contribution is 5.92. The van der Waals surface area contributed by atoms with Crippen LogP contribution in [-0.4, -0.2) is 11.8 Å². The lowest BCUT2D eigenvalue weighted by Crippen LogP contribution is -2.45. The molecule has 0 fully saturated rings. The number of hydrogen-bond donors (Lipinski definition) is 2. The van der Waals surface area contributed by atoms with Gasteiger partial charge in [-0.1, -0.05) is 13.8 Å². The molecule has 1 aliphatic carbocycles. The summed E-state index contributed by atoms with van der Waals surface area (Å²) in [6, 6.07) is 0. The summed E-state index contributed by atoms with van der Waals surface area (Å²) in [7, 11) is 0. The van der Waals surface area contributed by atoms with E-state index < -0.39 is 23.7 Å². The molecule has 4 heteroatoms. The van der Waals surface area contributed by atoms with Crippen LogP contribution in [0.4, 0.5) is 0 Å². The predicted octanol–water partition coefficient (Wildman–Crippen LogP) is 2.27. The van der Waals surface area contributed by atoms with Gasteiger partial charge >= 0.3 is 0 Å². The smallest absolute Gasteiger partial charge is 0.225 e. The molecule has 0 radical (unpaired) electrons. The third-order valence-corrected chi connectivity index (χ3v) is 5.53. The van der Waals surface area contributed by atoms with Crippen LogP contribution in [0.3, 0.4) is 0 Å². The largest absolute Gasteiger partial charge is 0.369 e. The van der Waals surface area contributed by atoms with Crippen LogP contribution in [0.2, 0.25) is 0 Å². The van der Waals surface area contributed by atoms with Gasteiger partial charge in [0.05, 0.1) is 11.8 Å². The molecule has 4 nitrogen and oxygen atoms in total. The van der Waals surface area contributed by atoms with Gasteiger partial charge in [0, 0.05) is 0 Å². The second kappa shape index (κ2) is 5.11. The molecular weight excluding hydrogens is 276 g/mol. The maximum absolute atomic E-state index is 12.1. The average Bonchev–Trinajstić information content (AvgIpc) is 2.40. The first-order valence-corrected chi connectivity index (χ1v) is 7.70. The minimum atomic E-state index is -0.626. The maximum atomic E-state index is 12.1. The summed E-state index contributed by atoms with van der Waals surface area (Å²) in [5.74, 6) is -2.08. The van der Waals surface area contributed by atoms with E-state index in [9.17, 15) is 9.59 Å². The van der Waals surface area contributed by atoms with Crippen LogP contribution in [0.1, 0.15) is 59.6 Å². The number of rotatable bonds is 2. The Hall–Kier alpha value is -1.84. The van der Waals surface area contributed by atoms with Crippen molar-refractivity contribution in [3.8, 4) is 0 Å². The number of carbonyl (C=O) groups is 2. The normalized spacial score (nSPS) is 23.0. The number of nitrogens with two attached hydrogens (primary N) is 2. The SMILES string of the molecule is Cc1c(C)c(C)c2c(c1C)C(C(N)=O)C(C(N)=O)CC2(C)C. The van der Waals surface area contributed by atoms with E-state index in [-0.39, 0.29) is 5.41 Å². The quantitative estimate of drug-likeness (QED) is 0.878. The third kappa shape index (κ3) is 2.21. The van der Waals surface area contributed by atoms with Crippen molar-refractivity contribution >= 4 is 11.8 Å². The molecule has 2 atom stereocenters. The summed E-state index contributed by atoms with van der Waals surface area (Å²) in [6.45, 7) is 12.5. The Bertz CT molecular complexity index is 674. The van der Waals surface area contributed by atoms with Gasteiger partial charge in [0.25, 0.3) is 0 Å². The highest BCUT2D eigenvalue weighted by Crippen LogP contribution is 2.49. The summed E-state index contributed by atoms with van der Waals surface area (Å²) in [5.41, 5.74) is 17.8. The Morgan fingerprint density at radius 1 is 0.909 bits per heavy atom. The summed E-state index contributed by atoms with van der Waals surface area (Å²) in [6.07, 6.45) is 0.547. The minimum Gasteiger partial charge on any atom is -0.369 e. The van der Waals surface area contributed by atoms with Gasteiger partial charge in [-0.15, -0.1) is 0 Å². The van der Waals surface area contributed by atoms with Crippen molar-refractivity contribution in [3.63, 3.8) is 0 Å². The first kappa shape index (κ1) is 16.5. The lowest BCUT2D eigenvalue weighted by molar-refractivity contribution is -0.129. The van der Waals surface area contributed by atoms with Gasteiger partial charge in [-0.3, -0.25) is 9.59 Å². The van der Waals surface area contributed by atoms with E-state index in [1.807, 2.05) is 6.92 Å². The Kier molecular flexibility index (Phi) is 3.84. The van der Waals surface area contributed by atoms with Crippen LogP contribution >= 0.6 is 0 Å². The van der Waals surface area contributed by atoms with Gasteiger partial charge in [-0.25, -0.2) is 0 Å². The fourth-order valence-corrected chi connectivity index (χ4v) is 4.18. The van der Waals surface area contributed by atoms with Crippen molar-refractivity contribution in [1.29, 1.82) is 0 Å². The number of fused-ring (bicyclic) bond motifs is 1. The van der Waals surface area contributed by atoms with Crippen LogP contribution in [0.5, 0.6) is 0 Å². The van der Waals surface area contributed by atoms with E-state index in [0.717, 1.165) is 22.3 Å². The molecule has 2 unspecified atom stereocenters. The van der Waals surface area contributed by atoms with Crippen molar-refractivity contribution in [3.05, 3.63) is 33.4 Å². The Balaban J connectivity index is 2.92. The minimum absolute atomic E-state index is 0.214. The van der Waals surface area contributed by atoms with Gasteiger partial charge in [0.1, 0.15) is 0 Å². The van der Waals surface area contributed by atoms with Crippen LogP contribution in [0.25, 0.3) is 0 Å². The fourth-order valence-electron chi connectivity index (χ4n) is 4.18. The second-order valence-corrected chi connectivity index (χ2v) is 7.27. The highest BCUT2D eigenvalue weighted by Gasteiger charge is 2.46. The number of hydrogen-bond acceptors (Lipinski definition) is 2. The van der Waals surface area contributed by atoms with E-state index in [2.05, 4.69) is 34.6 Å². The van der Waals surface area contributed by atoms with Gasteiger partial charge in [0.2, 0.25) is 11.8 Å². The van der Waals surface area contributed by atoms with E-state index in [0.29, 0.717) is 6.42 Å². The molecule has 0 saturated heterocycles. The summed E-state index contributed by atoms with van der Waals surface area (Å²) in [5, 5.41) is 0. The fraction of sp³-hybridized carbons (Fsp3) is 0.556. The monoisotopic (exact) mass is 302 g/mol. The lowest BCUT2D eigenvalue weighted by atomic mass is 9.60. The molecule has 0 bridgehead atoms. The molecule has 4 N–H and O–H groups in total. The maximum Gasteiger partial charge on any atom is 0.225 e. The van der Waals surface area contributed by atoms with Crippen molar-refractivity contribution in [1.82, 2.24) is 0 Å². The molecule has 0 heterocycles. The standard InChI is InChI=1S/C18H26N2O2/c1-8-9(2)11(4)15-13(10(8)3)14(17(20)22)12(16(19)21)7-18(15,5)6/h12,14H,7H2,1-6H3,(H2,19,21)(H2,20,22). The molecular formula is C18H26N2O2. The Morgan fingerprint density at radius 3 is 1.86 bits per heavy atom. The van der Waals surface area contributed by atoms with E-state index >= 15 is 0 Å². The third-order valence-electron chi connectivity index (χ3n) is 5.53. The molecule has 1 aliphatic rings. The predicted molar refractivity (Wildman–Crippen MR) is 87.7 cm³/mol. The van der Waals surface area contributed by atoms with E-state index in [4.69, 9.17) is 11.5 Å². The zero-order valence-corrected chi connectivity index (χ0v) is 14.3. The van der Waals surface area contributed by atoms with Gasteiger partial charge in [-0.2, -0.15) is 0 Å². The molecule has 0 aliphatic heterocycles. The molecule has 0 spiro atoms. The van der Waals surface area contributed by atoms with Crippen LogP contribution in [-0.2, 0) is 15.0 Å². The molecule has 22 heavy (non-hydrogen) atoms. The Morgan fingerprint density at radius 2 is 1.41 bits per heavy atom. The van der Waals surface area contributed by atoms with Crippen LogP contribution in [0, 0.1) is 33.6 Å². The molecule has 2 amide bonds. The van der Waals surface area contributed by atoms with E-state index in [1.165, 1.54) is 11.1 Å². The molecule has 0 saturated carbocycles. The van der Waals surface area contributed by atoms with Crippen molar-refractivity contribution in [2.75, 3.05) is 0 Å². The number of carbonyl (C=O) groups excluding carboxylic acids is 2. The molecule has 120 valence electrons. The average molecular weight is 302 g/mol. The first-order chi connectivity index (χ1) is 10.0. The first-order valence-electron chi connectivity index (χ1n) is 7.70. The number of benzene rings is 1. The van der Waals surface area contributed by atoms with Crippen molar-refractivity contribution in [2.24, 2.45) is 17.4 Å². The number of primary amides is 2. The summed E-state index contributed by atoms with van der Waals surface area (Å²) in [4.78, 5) is 24.0. The number of amides is 2. The molecule has 1 aromatic rings. The van der Waals surface area contributed by atoms with Crippen molar-refractivity contribution < 1.29 is 9.59 Å². The molecule has 1 aromatic carbocycles. The second-order valence-electron chi connectivity index (χ2n) is 7.27. The molecule has 0 aromatic heterocycles. The van der Waals surface area contributed by atoms with Crippen molar-refractivity contribution in [2.45, 2.75) is 59.3 Å². The van der Waals surface area contributed by atoms with Crippen LogP contribution in [0.15, 0.2) is 0 Å². The van der Waals surface area contributed by atoms with Gasteiger partial charge in [-0.05, 0) is 72.9 Å². The zero-order valence-electron chi connectivity index (χ0n) is 14.3. The van der Waals surface area contributed by atoms with Crippen LogP contribution < -0.4 is 11.5 Å². The molecule has 2 rings (SSSR count).